The second-order valence-electron chi connectivity index (χ2n) is 5.05. The van der Waals surface area contributed by atoms with E-state index in [1.54, 1.807) is 0 Å². The van der Waals surface area contributed by atoms with Crippen LogP contribution in [0.5, 0.6) is 0 Å². The molecule has 0 saturated heterocycles. The van der Waals surface area contributed by atoms with Gasteiger partial charge in [0.2, 0.25) is 0 Å². The van der Waals surface area contributed by atoms with E-state index < -0.39 is 0 Å². The zero-order chi connectivity index (χ0) is 14.5. The van der Waals surface area contributed by atoms with Crippen molar-refractivity contribution in [3.63, 3.8) is 0 Å². The highest BCUT2D eigenvalue weighted by Crippen LogP contribution is 2.32. The topological polar surface area (TPSA) is 12.0 Å². The van der Waals surface area contributed by atoms with Crippen molar-refractivity contribution in [3.8, 4) is 0 Å². The third-order valence-corrected chi connectivity index (χ3v) is 5.25. The van der Waals surface area contributed by atoms with Gasteiger partial charge in [0.25, 0.3) is 0 Å². The number of rotatable bonds is 6. The summed E-state index contributed by atoms with van der Waals surface area (Å²) >= 11 is 5.52. The standard InChI is InChI=1S/C17H22BrNS/c1-4-10-19-17(16-9-8-14(5-2)20-16)15-11-13(18)7-6-12(15)3/h6-9,11,17,19H,4-5,10H2,1-3H3. The van der Waals surface area contributed by atoms with E-state index in [1.807, 2.05) is 11.3 Å². The summed E-state index contributed by atoms with van der Waals surface area (Å²) < 4.78 is 1.15. The largest absolute Gasteiger partial charge is 0.306 e. The van der Waals surface area contributed by atoms with Crippen molar-refractivity contribution in [2.45, 2.75) is 39.7 Å². The summed E-state index contributed by atoms with van der Waals surface area (Å²) in [6.07, 6.45) is 2.26. The molecule has 0 fully saturated rings. The van der Waals surface area contributed by atoms with Gasteiger partial charge in [0.1, 0.15) is 0 Å². The van der Waals surface area contributed by atoms with Gasteiger partial charge >= 0.3 is 0 Å². The SMILES string of the molecule is CCCNC(c1ccc(CC)s1)c1cc(Br)ccc1C. The van der Waals surface area contributed by atoms with Crippen LogP contribution >= 0.6 is 27.3 Å². The van der Waals surface area contributed by atoms with Crippen LogP contribution in [-0.4, -0.2) is 6.54 Å². The Labute approximate surface area is 134 Å². The Balaban J connectivity index is 2.38. The summed E-state index contributed by atoms with van der Waals surface area (Å²) in [5.74, 6) is 0. The van der Waals surface area contributed by atoms with Crippen LogP contribution in [0.25, 0.3) is 0 Å². The first-order valence-electron chi connectivity index (χ1n) is 7.23. The second kappa shape index (κ2) is 7.39. The number of halogens is 1. The molecule has 0 bridgehead atoms. The lowest BCUT2D eigenvalue weighted by Crippen LogP contribution is -2.23. The molecule has 2 rings (SSSR count). The van der Waals surface area contributed by atoms with E-state index in [9.17, 15) is 0 Å². The van der Waals surface area contributed by atoms with Crippen molar-refractivity contribution < 1.29 is 0 Å². The van der Waals surface area contributed by atoms with Gasteiger partial charge in [0.05, 0.1) is 6.04 Å². The van der Waals surface area contributed by atoms with Crippen LogP contribution in [0, 0.1) is 6.92 Å². The summed E-state index contributed by atoms with van der Waals surface area (Å²) in [5, 5.41) is 3.70. The van der Waals surface area contributed by atoms with Gasteiger partial charge in [0.15, 0.2) is 0 Å². The summed E-state index contributed by atoms with van der Waals surface area (Å²) in [4.78, 5) is 2.87. The maximum absolute atomic E-state index is 3.70. The van der Waals surface area contributed by atoms with Gasteiger partial charge < -0.3 is 5.32 Å². The van der Waals surface area contributed by atoms with Gasteiger partial charge in [-0.05, 0) is 61.7 Å². The third-order valence-electron chi connectivity index (χ3n) is 3.47. The van der Waals surface area contributed by atoms with Gasteiger partial charge in [-0.3, -0.25) is 0 Å². The molecule has 20 heavy (non-hydrogen) atoms. The molecule has 1 aromatic heterocycles. The minimum atomic E-state index is 0.303. The van der Waals surface area contributed by atoms with E-state index in [0.717, 1.165) is 23.9 Å². The molecule has 2 aromatic rings. The van der Waals surface area contributed by atoms with Gasteiger partial charge in [-0.25, -0.2) is 0 Å². The number of benzene rings is 1. The van der Waals surface area contributed by atoms with E-state index in [-0.39, 0.29) is 0 Å². The lowest BCUT2D eigenvalue weighted by atomic mass is 10.00. The minimum absolute atomic E-state index is 0.303. The zero-order valence-corrected chi connectivity index (χ0v) is 14.8. The minimum Gasteiger partial charge on any atom is -0.306 e. The van der Waals surface area contributed by atoms with Gasteiger partial charge in [-0.1, -0.05) is 35.8 Å². The van der Waals surface area contributed by atoms with E-state index in [2.05, 4.69) is 72.3 Å². The molecule has 1 N–H and O–H groups in total. The van der Waals surface area contributed by atoms with Crippen LogP contribution in [0.4, 0.5) is 0 Å². The van der Waals surface area contributed by atoms with E-state index in [0.29, 0.717) is 6.04 Å². The molecule has 1 nitrogen and oxygen atoms in total. The number of thiophene rings is 1. The Morgan fingerprint density at radius 1 is 1.20 bits per heavy atom. The number of hydrogen-bond acceptors (Lipinski definition) is 2. The van der Waals surface area contributed by atoms with Crippen molar-refractivity contribution >= 4 is 27.3 Å². The summed E-state index contributed by atoms with van der Waals surface area (Å²) in [5.41, 5.74) is 2.71. The molecule has 3 heteroatoms. The van der Waals surface area contributed by atoms with Crippen molar-refractivity contribution in [2.24, 2.45) is 0 Å². The Bertz CT molecular complexity index is 562. The van der Waals surface area contributed by atoms with Crippen LogP contribution in [0.15, 0.2) is 34.8 Å². The molecule has 0 aliphatic rings. The molecule has 0 spiro atoms. The fraction of sp³-hybridized carbons (Fsp3) is 0.412. The lowest BCUT2D eigenvalue weighted by Gasteiger charge is -2.20. The van der Waals surface area contributed by atoms with Crippen molar-refractivity contribution in [3.05, 3.63) is 55.7 Å². The normalized spacial score (nSPS) is 12.6. The first-order chi connectivity index (χ1) is 9.65. The molecule has 0 aliphatic heterocycles. The summed E-state index contributed by atoms with van der Waals surface area (Å²) in [7, 11) is 0. The molecular formula is C17H22BrNS. The van der Waals surface area contributed by atoms with Crippen LogP contribution in [-0.2, 0) is 6.42 Å². The van der Waals surface area contributed by atoms with Gasteiger partial charge in [0, 0.05) is 14.2 Å². The van der Waals surface area contributed by atoms with E-state index in [1.165, 1.54) is 20.9 Å². The maximum Gasteiger partial charge on any atom is 0.0674 e. The fourth-order valence-corrected chi connectivity index (χ4v) is 3.74. The molecule has 1 aromatic carbocycles. The van der Waals surface area contributed by atoms with Crippen LogP contribution in [0.1, 0.15) is 47.2 Å². The highest BCUT2D eigenvalue weighted by atomic mass is 79.9. The molecule has 0 saturated carbocycles. The maximum atomic E-state index is 3.70. The van der Waals surface area contributed by atoms with Gasteiger partial charge in [-0.15, -0.1) is 11.3 Å². The Morgan fingerprint density at radius 2 is 2.00 bits per heavy atom. The van der Waals surface area contributed by atoms with Crippen molar-refractivity contribution in [1.29, 1.82) is 0 Å². The third kappa shape index (κ3) is 3.72. The van der Waals surface area contributed by atoms with Crippen LogP contribution in [0.3, 0.4) is 0 Å². The first kappa shape index (κ1) is 15.7. The van der Waals surface area contributed by atoms with Crippen LogP contribution in [0.2, 0.25) is 0 Å². The summed E-state index contributed by atoms with van der Waals surface area (Å²) in [6.45, 7) is 7.66. The Morgan fingerprint density at radius 3 is 2.65 bits per heavy atom. The van der Waals surface area contributed by atoms with Gasteiger partial charge in [-0.2, -0.15) is 0 Å². The monoisotopic (exact) mass is 351 g/mol. The molecule has 0 amide bonds. The molecule has 1 heterocycles. The fourth-order valence-electron chi connectivity index (χ4n) is 2.31. The smallest absolute Gasteiger partial charge is 0.0674 e. The Kier molecular flexibility index (Phi) is 5.82. The van der Waals surface area contributed by atoms with Crippen molar-refractivity contribution in [2.75, 3.05) is 6.54 Å². The van der Waals surface area contributed by atoms with E-state index in [4.69, 9.17) is 0 Å². The Hall–Kier alpha value is -0.640. The molecule has 1 atom stereocenters. The zero-order valence-electron chi connectivity index (χ0n) is 12.4. The average Bonchev–Trinajstić information content (AvgIpc) is 2.92. The predicted molar refractivity (Wildman–Crippen MR) is 92.7 cm³/mol. The molecule has 108 valence electrons. The molecule has 0 aliphatic carbocycles. The molecule has 1 unspecified atom stereocenters. The van der Waals surface area contributed by atoms with E-state index >= 15 is 0 Å². The predicted octanol–water partition coefficient (Wildman–Crippen LogP) is 5.47. The molecule has 0 radical (unpaired) electrons. The quantitative estimate of drug-likeness (QED) is 0.727. The highest BCUT2D eigenvalue weighted by molar-refractivity contribution is 9.10. The average molecular weight is 352 g/mol. The van der Waals surface area contributed by atoms with Crippen molar-refractivity contribution in [1.82, 2.24) is 5.32 Å². The number of nitrogens with one attached hydrogen (secondary N) is 1. The first-order valence-corrected chi connectivity index (χ1v) is 8.84. The van der Waals surface area contributed by atoms with Crippen LogP contribution < -0.4 is 5.32 Å². The summed E-state index contributed by atoms with van der Waals surface area (Å²) in [6, 6.07) is 11.4. The highest BCUT2D eigenvalue weighted by Gasteiger charge is 2.17. The number of hydrogen-bond donors (Lipinski definition) is 1. The number of aryl methyl sites for hydroxylation is 2. The lowest BCUT2D eigenvalue weighted by molar-refractivity contribution is 0.603. The molecular weight excluding hydrogens is 330 g/mol. The second-order valence-corrected chi connectivity index (χ2v) is 7.16.